The number of rotatable bonds is 3. The van der Waals surface area contributed by atoms with Crippen LogP contribution in [-0.2, 0) is 24.2 Å². The van der Waals surface area contributed by atoms with Gasteiger partial charge in [0.2, 0.25) is 5.95 Å². The van der Waals surface area contributed by atoms with E-state index < -0.39 is 0 Å². The van der Waals surface area contributed by atoms with E-state index >= 15 is 0 Å². The number of aromatic nitrogens is 2. The topological polar surface area (TPSA) is 91.7 Å². The lowest BCUT2D eigenvalue weighted by Crippen LogP contribution is -2.47. The number of hydrogen-bond acceptors (Lipinski definition) is 7. The van der Waals surface area contributed by atoms with Crippen LogP contribution in [-0.4, -0.2) is 46.7 Å². The van der Waals surface area contributed by atoms with Crippen molar-refractivity contribution in [2.45, 2.75) is 52.5 Å². The molecule has 168 valence electrons. The summed E-state index contributed by atoms with van der Waals surface area (Å²) < 4.78 is 11.5. The maximum absolute atomic E-state index is 13.0. The molecule has 1 N–H and O–H groups in total. The third kappa shape index (κ3) is 3.96. The highest BCUT2D eigenvalue weighted by Crippen LogP contribution is 2.21. The molecule has 0 unspecified atom stereocenters. The van der Waals surface area contributed by atoms with Crippen LogP contribution in [0.4, 0.5) is 5.95 Å². The van der Waals surface area contributed by atoms with Crippen LogP contribution in [0.25, 0.3) is 11.0 Å². The number of nitrogens with one attached hydrogen (secondary N) is 1. The Morgan fingerprint density at radius 3 is 2.75 bits per heavy atom. The molecule has 0 saturated carbocycles. The van der Waals surface area contributed by atoms with Gasteiger partial charge in [-0.1, -0.05) is 11.6 Å². The molecule has 3 aromatic rings. The van der Waals surface area contributed by atoms with Crippen LogP contribution in [0, 0.1) is 6.92 Å². The van der Waals surface area contributed by atoms with E-state index in [-0.39, 0.29) is 23.2 Å². The number of hydrogen-bond donors (Lipinski definition) is 1. The molecule has 2 atom stereocenters. The summed E-state index contributed by atoms with van der Waals surface area (Å²) in [5, 5.41) is 0.604. The van der Waals surface area contributed by atoms with Crippen LogP contribution in [0.1, 0.15) is 36.2 Å². The summed E-state index contributed by atoms with van der Waals surface area (Å²) in [5.74, 6) is 0.596. The SMILES string of the molecule is Cc1ccc2occ(CN3CCc4c(nc(N5C[C@@H](C)O[C@@H](C)C5)[nH]c4=O)C3)c(=O)c2c1. The summed E-state index contributed by atoms with van der Waals surface area (Å²) >= 11 is 0. The predicted octanol–water partition coefficient (Wildman–Crippen LogP) is 2.36. The molecule has 4 heterocycles. The minimum absolute atomic E-state index is 0.00315. The first kappa shape index (κ1) is 20.9. The molecule has 1 aromatic carbocycles. The van der Waals surface area contributed by atoms with Crippen molar-refractivity contribution >= 4 is 16.9 Å². The fourth-order valence-electron chi connectivity index (χ4n) is 4.75. The van der Waals surface area contributed by atoms with Crippen LogP contribution in [0.5, 0.6) is 0 Å². The van der Waals surface area contributed by atoms with Crippen molar-refractivity contribution in [1.82, 2.24) is 14.9 Å². The highest BCUT2D eigenvalue weighted by molar-refractivity contribution is 5.77. The Morgan fingerprint density at radius 1 is 1.19 bits per heavy atom. The Kier molecular flexibility index (Phi) is 5.35. The molecule has 2 aromatic heterocycles. The Morgan fingerprint density at radius 2 is 1.97 bits per heavy atom. The number of anilines is 1. The quantitative estimate of drug-likeness (QED) is 0.674. The van der Waals surface area contributed by atoms with Crippen LogP contribution in [0.15, 0.2) is 38.5 Å². The van der Waals surface area contributed by atoms with Gasteiger partial charge in [0.1, 0.15) is 5.58 Å². The molecule has 0 bridgehead atoms. The summed E-state index contributed by atoms with van der Waals surface area (Å²) in [5.41, 5.74) is 3.68. The van der Waals surface area contributed by atoms with Gasteiger partial charge < -0.3 is 14.1 Å². The van der Waals surface area contributed by atoms with Crippen LogP contribution in [0.3, 0.4) is 0 Å². The standard InChI is InChI=1S/C24H28N4O4/c1-14-4-5-21-19(8-14)22(29)17(13-31-21)11-27-7-6-18-20(12-27)25-24(26-23(18)30)28-9-15(2)32-16(3)10-28/h4-5,8,13,15-16H,6-7,9-12H2,1-3H3,(H,25,26,30)/t15-,16+. The van der Waals surface area contributed by atoms with E-state index in [1.165, 1.54) is 0 Å². The monoisotopic (exact) mass is 436 g/mol. The number of morpholine rings is 1. The first-order chi connectivity index (χ1) is 15.4. The number of aromatic amines is 1. The van der Waals surface area contributed by atoms with E-state index in [9.17, 15) is 9.59 Å². The third-order valence-corrected chi connectivity index (χ3v) is 6.25. The number of ether oxygens (including phenoxy) is 1. The second-order valence-electron chi connectivity index (χ2n) is 9.03. The predicted molar refractivity (Wildman–Crippen MR) is 122 cm³/mol. The minimum atomic E-state index is -0.0721. The summed E-state index contributed by atoms with van der Waals surface area (Å²) in [6, 6.07) is 5.63. The van der Waals surface area contributed by atoms with E-state index in [2.05, 4.69) is 14.8 Å². The lowest BCUT2D eigenvalue weighted by molar-refractivity contribution is -0.00576. The lowest BCUT2D eigenvalue weighted by atomic mass is 10.1. The van der Waals surface area contributed by atoms with Crippen LogP contribution < -0.4 is 15.9 Å². The first-order valence-corrected chi connectivity index (χ1v) is 11.1. The van der Waals surface area contributed by atoms with Crippen molar-refractivity contribution in [3.63, 3.8) is 0 Å². The molecular formula is C24H28N4O4. The van der Waals surface area contributed by atoms with Crippen molar-refractivity contribution in [1.29, 1.82) is 0 Å². The van der Waals surface area contributed by atoms with E-state index in [4.69, 9.17) is 14.1 Å². The largest absolute Gasteiger partial charge is 0.464 e. The lowest BCUT2D eigenvalue weighted by Gasteiger charge is -2.36. The Bertz CT molecular complexity index is 1270. The fraction of sp³-hybridized carbons (Fsp3) is 0.458. The van der Waals surface area contributed by atoms with Gasteiger partial charge in [-0.05, 0) is 39.3 Å². The van der Waals surface area contributed by atoms with Crippen molar-refractivity contribution in [2.24, 2.45) is 0 Å². The number of aryl methyl sites for hydroxylation is 1. The zero-order valence-corrected chi connectivity index (χ0v) is 18.7. The van der Waals surface area contributed by atoms with E-state index in [0.29, 0.717) is 61.6 Å². The van der Waals surface area contributed by atoms with E-state index in [0.717, 1.165) is 16.8 Å². The third-order valence-electron chi connectivity index (χ3n) is 6.25. The number of benzene rings is 1. The summed E-state index contributed by atoms with van der Waals surface area (Å²) in [7, 11) is 0. The zero-order chi connectivity index (χ0) is 22.4. The molecule has 2 aliphatic rings. The molecule has 1 saturated heterocycles. The van der Waals surface area contributed by atoms with E-state index in [1.54, 1.807) is 6.26 Å². The Balaban J connectivity index is 1.40. The molecule has 5 rings (SSSR count). The van der Waals surface area contributed by atoms with Gasteiger partial charge in [0.25, 0.3) is 5.56 Å². The Labute approximate surface area is 185 Å². The molecule has 8 nitrogen and oxygen atoms in total. The second kappa shape index (κ2) is 8.18. The van der Waals surface area contributed by atoms with Gasteiger partial charge in [0.15, 0.2) is 5.43 Å². The van der Waals surface area contributed by atoms with Gasteiger partial charge in [-0.2, -0.15) is 0 Å². The van der Waals surface area contributed by atoms with Gasteiger partial charge in [0, 0.05) is 43.9 Å². The molecule has 2 aliphatic heterocycles. The number of nitrogens with zero attached hydrogens (tertiary/aromatic N) is 3. The first-order valence-electron chi connectivity index (χ1n) is 11.1. The molecule has 8 heteroatoms. The van der Waals surface area contributed by atoms with Gasteiger partial charge in [0.05, 0.1) is 29.6 Å². The van der Waals surface area contributed by atoms with Gasteiger partial charge in [-0.25, -0.2) is 4.98 Å². The van der Waals surface area contributed by atoms with E-state index in [1.807, 2.05) is 39.0 Å². The molecular weight excluding hydrogens is 408 g/mol. The smallest absolute Gasteiger partial charge is 0.255 e. The van der Waals surface area contributed by atoms with Crippen molar-refractivity contribution in [3.05, 3.63) is 67.4 Å². The highest BCUT2D eigenvalue weighted by atomic mass is 16.5. The Hall–Kier alpha value is -2.97. The zero-order valence-electron chi connectivity index (χ0n) is 18.7. The maximum Gasteiger partial charge on any atom is 0.255 e. The number of H-pyrrole nitrogens is 1. The molecule has 0 aliphatic carbocycles. The molecule has 32 heavy (non-hydrogen) atoms. The molecule has 0 amide bonds. The maximum atomic E-state index is 13.0. The van der Waals surface area contributed by atoms with Crippen molar-refractivity contribution < 1.29 is 9.15 Å². The van der Waals surface area contributed by atoms with Crippen molar-refractivity contribution in [2.75, 3.05) is 24.5 Å². The van der Waals surface area contributed by atoms with Crippen LogP contribution >= 0.6 is 0 Å². The van der Waals surface area contributed by atoms with Gasteiger partial charge in [-0.3, -0.25) is 19.5 Å². The van der Waals surface area contributed by atoms with Gasteiger partial charge in [-0.15, -0.1) is 0 Å². The molecule has 1 fully saturated rings. The normalized spacial score (nSPS) is 21.7. The van der Waals surface area contributed by atoms with Crippen molar-refractivity contribution in [3.8, 4) is 0 Å². The fourth-order valence-corrected chi connectivity index (χ4v) is 4.75. The summed E-state index contributed by atoms with van der Waals surface area (Å²) in [6.45, 7) is 9.06. The average molecular weight is 437 g/mol. The van der Waals surface area contributed by atoms with Gasteiger partial charge >= 0.3 is 0 Å². The minimum Gasteiger partial charge on any atom is -0.464 e. The second-order valence-corrected chi connectivity index (χ2v) is 9.03. The molecule has 0 radical (unpaired) electrons. The average Bonchev–Trinajstić information content (AvgIpc) is 2.75. The summed E-state index contributed by atoms with van der Waals surface area (Å²) in [4.78, 5) is 37.8. The number of fused-ring (bicyclic) bond motifs is 2. The summed E-state index contributed by atoms with van der Waals surface area (Å²) in [6.07, 6.45) is 2.31. The highest BCUT2D eigenvalue weighted by Gasteiger charge is 2.27. The van der Waals surface area contributed by atoms with Crippen LogP contribution in [0.2, 0.25) is 0 Å². The molecule has 0 spiro atoms.